The Morgan fingerprint density at radius 3 is 2.55 bits per heavy atom. The second kappa shape index (κ2) is 7.51. The summed E-state index contributed by atoms with van der Waals surface area (Å²) in [6.45, 7) is 9.19. The molecular weight excluding hydrogens is 297 g/mol. The van der Waals surface area contributed by atoms with E-state index < -0.39 is 6.10 Å². The van der Waals surface area contributed by atoms with Crippen LogP contribution in [0.4, 0.5) is 0 Å². The molecule has 2 unspecified atom stereocenters. The number of halogens is 2. The van der Waals surface area contributed by atoms with Crippen LogP contribution in [0.25, 0.3) is 0 Å². The molecule has 0 radical (unpaired) electrons. The van der Waals surface area contributed by atoms with Crippen LogP contribution in [0.15, 0.2) is 18.2 Å². The summed E-state index contributed by atoms with van der Waals surface area (Å²) in [6, 6.07) is 5.31. The van der Waals surface area contributed by atoms with E-state index in [1.54, 1.807) is 18.2 Å². The van der Waals surface area contributed by atoms with E-state index in [-0.39, 0.29) is 12.0 Å². The predicted octanol–water partition coefficient (Wildman–Crippen LogP) is 3.76. The summed E-state index contributed by atoms with van der Waals surface area (Å²) < 4.78 is 5.49. The van der Waals surface area contributed by atoms with Crippen LogP contribution in [-0.2, 0) is 0 Å². The van der Waals surface area contributed by atoms with Gasteiger partial charge in [-0.3, -0.25) is 0 Å². The van der Waals surface area contributed by atoms with Gasteiger partial charge < -0.3 is 15.2 Å². The molecule has 1 aromatic rings. The van der Waals surface area contributed by atoms with Crippen LogP contribution in [0.2, 0.25) is 10.0 Å². The van der Waals surface area contributed by atoms with E-state index in [1.807, 2.05) is 0 Å². The number of benzene rings is 1. The topological polar surface area (TPSA) is 41.5 Å². The van der Waals surface area contributed by atoms with E-state index in [9.17, 15) is 5.11 Å². The smallest absolute Gasteiger partial charge is 0.139 e. The lowest BCUT2D eigenvalue weighted by Crippen LogP contribution is -2.42. The van der Waals surface area contributed by atoms with Gasteiger partial charge >= 0.3 is 0 Å². The largest absolute Gasteiger partial charge is 0.489 e. The fourth-order valence-corrected chi connectivity index (χ4v) is 1.79. The zero-order chi connectivity index (χ0) is 15.3. The lowest BCUT2D eigenvalue weighted by atomic mass is 9.88. The zero-order valence-electron chi connectivity index (χ0n) is 12.4. The van der Waals surface area contributed by atoms with E-state index in [0.717, 1.165) is 0 Å². The Morgan fingerprint density at radius 1 is 1.30 bits per heavy atom. The summed E-state index contributed by atoms with van der Waals surface area (Å²) >= 11 is 11.9. The Morgan fingerprint density at radius 2 is 1.95 bits per heavy atom. The number of aliphatic hydroxyl groups excluding tert-OH is 1. The molecule has 0 fully saturated rings. The number of rotatable bonds is 6. The van der Waals surface area contributed by atoms with Gasteiger partial charge in [-0.25, -0.2) is 0 Å². The minimum absolute atomic E-state index is 0.150. The summed E-state index contributed by atoms with van der Waals surface area (Å²) in [6.07, 6.45) is -0.602. The molecule has 1 rings (SSSR count). The molecule has 0 saturated carbocycles. The highest BCUT2D eigenvalue weighted by Crippen LogP contribution is 2.27. The maximum Gasteiger partial charge on any atom is 0.139 e. The van der Waals surface area contributed by atoms with Gasteiger partial charge in [0.15, 0.2) is 0 Å². The lowest BCUT2D eigenvalue weighted by molar-refractivity contribution is 0.0986. The Kier molecular flexibility index (Phi) is 6.59. The van der Waals surface area contributed by atoms with E-state index in [1.165, 1.54) is 0 Å². The number of ether oxygens (including phenoxy) is 1. The van der Waals surface area contributed by atoms with Crippen molar-refractivity contribution in [3.05, 3.63) is 28.2 Å². The van der Waals surface area contributed by atoms with Crippen molar-refractivity contribution >= 4 is 23.2 Å². The highest BCUT2D eigenvalue weighted by atomic mass is 35.5. The second-order valence-corrected chi connectivity index (χ2v) is 6.88. The second-order valence-electron chi connectivity index (χ2n) is 6.04. The van der Waals surface area contributed by atoms with Crippen LogP contribution in [-0.4, -0.2) is 30.4 Å². The molecular formula is C15H23Cl2NO2. The predicted molar refractivity (Wildman–Crippen MR) is 84.9 cm³/mol. The maximum atomic E-state index is 9.92. The van der Waals surface area contributed by atoms with Crippen molar-refractivity contribution in [1.82, 2.24) is 5.32 Å². The van der Waals surface area contributed by atoms with Gasteiger partial charge in [-0.2, -0.15) is 0 Å². The molecule has 2 N–H and O–H groups in total. The third-order valence-electron chi connectivity index (χ3n) is 3.28. The number of nitrogens with one attached hydrogen (secondary N) is 1. The van der Waals surface area contributed by atoms with Crippen molar-refractivity contribution < 1.29 is 9.84 Å². The van der Waals surface area contributed by atoms with Gasteiger partial charge in [0, 0.05) is 23.7 Å². The van der Waals surface area contributed by atoms with Gasteiger partial charge in [0.1, 0.15) is 18.5 Å². The highest BCUT2D eigenvalue weighted by Gasteiger charge is 2.20. The molecule has 0 aliphatic rings. The molecule has 0 aliphatic heterocycles. The summed E-state index contributed by atoms with van der Waals surface area (Å²) in [5.41, 5.74) is 0.150. The van der Waals surface area contributed by atoms with Crippen molar-refractivity contribution in [2.75, 3.05) is 13.2 Å². The van der Waals surface area contributed by atoms with Gasteiger partial charge in [0.2, 0.25) is 0 Å². The Labute approximate surface area is 131 Å². The quantitative estimate of drug-likeness (QED) is 0.838. The normalized spacial score (nSPS) is 14.9. The summed E-state index contributed by atoms with van der Waals surface area (Å²) in [4.78, 5) is 0. The molecule has 0 aliphatic carbocycles. The molecule has 0 aromatic heterocycles. The van der Waals surface area contributed by atoms with Crippen molar-refractivity contribution in [3.8, 4) is 5.75 Å². The monoisotopic (exact) mass is 319 g/mol. The van der Waals surface area contributed by atoms with Crippen molar-refractivity contribution in [3.63, 3.8) is 0 Å². The first kappa shape index (κ1) is 17.6. The third kappa shape index (κ3) is 5.88. The lowest BCUT2D eigenvalue weighted by Gasteiger charge is -2.29. The van der Waals surface area contributed by atoms with Crippen LogP contribution >= 0.6 is 23.2 Å². The Balaban J connectivity index is 2.40. The van der Waals surface area contributed by atoms with Gasteiger partial charge in [-0.15, -0.1) is 0 Å². The number of hydrogen-bond donors (Lipinski definition) is 2. The maximum absolute atomic E-state index is 9.92. The third-order valence-corrected chi connectivity index (χ3v) is 3.83. The molecule has 5 heteroatoms. The van der Waals surface area contributed by atoms with Crippen molar-refractivity contribution in [2.24, 2.45) is 5.41 Å². The molecule has 2 atom stereocenters. The van der Waals surface area contributed by atoms with E-state index in [0.29, 0.717) is 28.4 Å². The zero-order valence-corrected chi connectivity index (χ0v) is 13.9. The molecule has 0 amide bonds. The van der Waals surface area contributed by atoms with Crippen LogP contribution in [0.3, 0.4) is 0 Å². The first-order chi connectivity index (χ1) is 9.20. The average Bonchev–Trinajstić information content (AvgIpc) is 2.35. The van der Waals surface area contributed by atoms with Gasteiger partial charge in [-0.05, 0) is 24.5 Å². The van der Waals surface area contributed by atoms with Crippen molar-refractivity contribution in [1.29, 1.82) is 0 Å². The highest BCUT2D eigenvalue weighted by molar-refractivity contribution is 6.34. The molecule has 3 nitrogen and oxygen atoms in total. The molecule has 0 bridgehead atoms. The summed E-state index contributed by atoms with van der Waals surface area (Å²) in [7, 11) is 0. The molecule has 0 saturated heterocycles. The first-order valence-electron chi connectivity index (χ1n) is 6.69. The number of hydrogen-bond acceptors (Lipinski definition) is 3. The SMILES string of the molecule is CC(NCC(O)COc1cc(Cl)ccc1Cl)C(C)(C)C. The summed E-state index contributed by atoms with van der Waals surface area (Å²) in [5, 5.41) is 14.3. The molecule has 20 heavy (non-hydrogen) atoms. The average molecular weight is 320 g/mol. The van der Waals surface area contributed by atoms with Crippen LogP contribution in [0.1, 0.15) is 27.7 Å². The fourth-order valence-electron chi connectivity index (χ4n) is 1.45. The van der Waals surface area contributed by atoms with Gasteiger partial charge in [-0.1, -0.05) is 44.0 Å². The fraction of sp³-hybridized carbons (Fsp3) is 0.600. The van der Waals surface area contributed by atoms with E-state index in [4.69, 9.17) is 27.9 Å². The minimum Gasteiger partial charge on any atom is -0.489 e. The molecule has 114 valence electrons. The standard InChI is InChI=1S/C15H23Cl2NO2/c1-10(15(2,3)4)18-8-12(19)9-20-14-7-11(16)5-6-13(14)17/h5-7,10,12,18-19H,8-9H2,1-4H3. The Bertz CT molecular complexity index is 432. The minimum atomic E-state index is -0.602. The Hall–Kier alpha value is -0.480. The number of aliphatic hydroxyl groups is 1. The van der Waals surface area contributed by atoms with Gasteiger partial charge in [0.25, 0.3) is 0 Å². The van der Waals surface area contributed by atoms with Crippen molar-refractivity contribution in [2.45, 2.75) is 39.8 Å². The molecule has 1 aromatic carbocycles. The first-order valence-corrected chi connectivity index (χ1v) is 7.45. The van der Waals surface area contributed by atoms with E-state index in [2.05, 4.69) is 33.0 Å². The molecule has 0 heterocycles. The summed E-state index contributed by atoms with van der Waals surface area (Å²) in [5.74, 6) is 0.488. The van der Waals surface area contributed by atoms with Gasteiger partial charge in [0.05, 0.1) is 5.02 Å². The van der Waals surface area contributed by atoms with E-state index >= 15 is 0 Å². The van der Waals surface area contributed by atoms with Crippen LogP contribution in [0.5, 0.6) is 5.75 Å². The van der Waals surface area contributed by atoms with Crippen LogP contribution in [0, 0.1) is 5.41 Å². The molecule has 0 spiro atoms. The van der Waals surface area contributed by atoms with Crippen LogP contribution < -0.4 is 10.1 Å².